The average Bonchev–Trinajstić information content (AvgIpc) is 2.52. The molecule has 2 rings (SSSR count). The van der Waals surface area contributed by atoms with Crippen LogP contribution in [-0.4, -0.2) is 23.2 Å². The molecule has 23 heavy (non-hydrogen) atoms. The standard InChI is InChI=1S/C18H22ClNO3/c1-3-5-15(20-23-4-2)18-16(21)10-13(11-17(18)22)12-6-8-14(19)9-7-12/h6-9,13,21H,3-5,10-11H2,1-2H3/b20-15-. The van der Waals surface area contributed by atoms with E-state index in [4.69, 9.17) is 16.4 Å². The largest absolute Gasteiger partial charge is 0.511 e. The molecule has 0 radical (unpaired) electrons. The lowest BCUT2D eigenvalue weighted by Crippen LogP contribution is -2.24. The highest BCUT2D eigenvalue weighted by Gasteiger charge is 2.31. The topological polar surface area (TPSA) is 58.9 Å². The van der Waals surface area contributed by atoms with Crippen LogP contribution in [0.15, 0.2) is 40.8 Å². The lowest BCUT2D eigenvalue weighted by Gasteiger charge is -2.24. The van der Waals surface area contributed by atoms with Crippen LogP contribution < -0.4 is 0 Å². The monoisotopic (exact) mass is 335 g/mol. The summed E-state index contributed by atoms with van der Waals surface area (Å²) < 4.78 is 0. The molecule has 0 aliphatic heterocycles. The molecule has 1 unspecified atom stereocenters. The zero-order valence-electron chi connectivity index (χ0n) is 13.5. The second-order valence-corrected chi connectivity index (χ2v) is 6.04. The summed E-state index contributed by atoms with van der Waals surface area (Å²) in [7, 11) is 0. The second kappa shape index (κ2) is 8.16. The molecule has 0 amide bonds. The molecule has 0 heterocycles. The summed E-state index contributed by atoms with van der Waals surface area (Å²) in [6, 6.07) is 7.41. The van der Waals surface area contributed by atoms with Gasteiger partial charge in [-0.25, -0.2) is 0 Å². The minimum absolute atomic E-state index is 0.0292. The highest BCUT2D eigenvalue weighted by atomic mass is 35.5. The van der Waals surface area contributed by atoms with Crippen molar-refractivity contribution in [2.24, 2.45) is 5.16 Å². The second-order valence-electron chi connectivity index (χ2n) is 5.61. The van der Waals surface area contributed by atoms with Crippen molar-refractivity contribution in [1.82, 2.24) is 0 Å². The molecule has 0 bridgehead atoms. The van der Waals surface area contributed by atoms with Crippen molar-refractivity contribution in [3.8, 4) is 0 Å². The average molecular weight is 336 g/mol. The van der Waals surface area contributed by atoms with Crippen LogP contribution in [0.4, 0.5) is 0 Å². The number of ketones is 1. The molecule has 0 aromatic heterocycles. The number of halogens is 1. The van der Waals surface area contributed by atoms with E-state index in [1.165, 1.54) is 0 Å². The van der Waals surface area contributed by atoms with Crippen LogP contribution in [0.5, 0.6) is 0 Å². The predicted molar refractivity (Wildman–Crippen MR) is 92.1 cm³/mol. The van der Waals surface area contributed by atoms with Gasteiger partial charge >= 0.3 is 0 Å². The Morgan fingerprint density at radius 3 is 2.57 bits per heavy atom. The minimum atomic E-state index is -0.0828. The molecule has 0 spiro atoms. The first kappa shape index (κ1) is 17.5. The summed E-state index contributed by atoms with van der Waals surface area (Å²) in [5, 5.41) is 15.1. The van der Waals surface area contributed by atoms with Crippen molar-refractivity contribution >= 4 is 23.1 Å². The smallest absolute Gasteiger partial charge is 0.168 e. The van der Waals surface area contributed by atoms with Gasteiger partial charge in [-0.15, -0.1) is 0 Å². The molecule has 0 fully saturated rings. The highest BCUT2D eigenvalue weighted by Crippen LogP contribution is 2.35. The lowest BCUT2D eigenvalue weighted by atomic mass is 9.81. The van der Waals surface area contributed by atoms with Crippen molar-refractivity contribution in [2.75, 3.05) is 6.61 Å². The van der Waals surface area contributed by atoms with Gasteiger partial charge in [0.25, 0.3) is 0 Å². The number of aliphatic hydroxyl groups excluding tert-OH is 1. The van der Waals surface area contributed by atoms with E-state index >= 15 is 0 Å². The highest BCUT2D eigenvalue weighted by molar-refractivity contribution is 6.30. The van der Waals surface area contributed by atoms with E-state index in [0.29, 0.717) is 42.2 Å². The van der Waals surface area contributed by atoms with Gasteiger partial charge in [0.2, 0.25) is 0 Å². The molecule has 124 valence electrons. The SMILES string of the molecule is CCC/C(=N/OCC)C1=C(O)CC(c2ccc(Cl)cc2)CC1=O. The van der Waals surface area contributed by atoms with Gasteiger partial charge in [-0.3, -0.25) is 4.79 Å². The maximum atomic E-state index is 12.6. The Morgan fingerprint density at radius 2 is 2.00 bits per heavy atom. The van der Waals surface area contributed by atoms with E-state index in [1.54, 1.807) is 12.1 Å². The van der Waals surface area contributed by atoms with Crippen LogP contribution in [-0.2, 0) is 9.63 Å². The van der Waals surface area contributed by atoms with Crippen LogP contribution in [0.25, 0.3) is 0 Å². The summed E-state index contributed by atoms with van der Waals surface area (Å²) in [6.07, 6.45) is 2.22. The number of hydrogen-bond acceptors (Lipinski definition) is 4. The van der Waals surface area contributed by atoms with E-state index in [1.807, 2.05) is 26.0 Å². The molecule has 0 saturated heterocycles. The Kier molecular flexibility index (Phi) is 6.22. The van der Waals surface area contributed by atoms with Gasteiger partial charge in [-0.05, 0) is 37.0 Å². The third-order valence-electron chi connectivity index (χ3n) is 3.86. The van der Waals surface area contributed by atoms with E-state index in [9.17, 15) is 9.90 Å². The predicted octanol–water partition coefficient (Wildman–Crippen LogP) is 4.79. The molecule has 4 nitrogen and oxygen atoms in total. The first-order chi connectivity index (χ1) is 11.1. The molecule has 1 aliphatic rings. The number of carbonyl (C=O) groups excluding carboxylic acids is 1. The Balaban J connectivity index is 2.27. The van der Waals surface area contributed by atoms with Gasteiger partial charge in [-0.2, -0.15) is 0 Å². The first-order valence-corrected chi connectivity index (χ1v) is 8.34. The Labute approximate surface area is 141 Å². The van der Waals surface area contributed by atoms with Crippen LogP contribution in [0.1, 0.15) is 51.0 Å². The number of carbonyl (C=O) groups is 1. The third-order valence-corrected chi connectivity index (χ3v) is 4.11. The molecule has 1 aromatic rings. The molecule has 0 saturated carbocycles. The summed E-state index contributed by atoms with van der Waals surface area (Å²) in [4.78, 5) is 17.7. The van der Waals surface area contributed by atoms with Crippen molar-refractivity contribution in [1.29, 1.82) is 0 Å². The van der Waals surface area contributed by atoms with Crippen LogP contribution in [0.2, 0.25) is 5.02 Å². The van der Waals surface area contributed by atoms with Gasteiger partial charge in [0.15, 0.2) is 5.78 Å². The zero-order chi connectivity index (χ0) is 16.8. The maximum absolute atomic E-state index is 12.6. The normalized spacial score (nSPS) is 19.2. The van der Waals surface area contributed by atoms with Gasteiger partial charge in [0.05, 0.1) is 11.3 Å². The molecule has 1 aromatic carbocycles. The number of oxime groups is 1. The maximum Gasteiger partial charge on any atom is 0.168 e. The molecule has 1 aliphatic carbocycles. The van der Waals surface area contributed by atoms with Crippen LogP contribution in [0, 0.1) is 0 Å². The number of benzene rings is 1. The fraction of sp³-hybridized carbons (Fsp3) is 0.444. The van der Waals surface area contributed by atoms with Gasteiger partial charge in [-0.1, -0.05) is 42.2 Å². The third kappa shape index (κ3) is 4.35. The zero-order valence-corrected chi connectivity index (χ0v) is 14.3. The van der Waals surface area contributed by atoms with Crippen molar-refractivity contribution in [3.63, 3.8) is 0 Å². The molecular formula is C18H22ClNO3. The fourth-order valence-corrected chi connectivity index (χ4v) is 2.91. The Hall–Kier alpha value is -1.81. The lowest BCUT2D eigenvalue weighted by molar-refractivity contribution is -0.116. The van der Waals surface area contributed by atoms with Crippen molar-refractivity contribution in [3.05, 3.63) is 46.2 Å². The van der Waals surface area contributed by atoms with Gasteiger partial charge in [0.1, 0.15) is 12.4 Å². The van der Waals surface area contributed by atoms with Crippen LogP contribution >= 0.6 is 11.6 Å². The molecule has 1 atom stereocenters. The summed E-state index contributed by atoms with van der Waals surface area (Å²) >= 11 is 5.90. The fourth-order valence-electron chi connectivity index (χ4n) is 2.79. The number of allylic oxidation sites excluding steroid dienone is 2. The Morgan fingerprint density at radius 1 is 1.30 bits per heavy atom. The van der Waals surface area contributed by atoms with E-state index in [-0.39, 0.29) is 17.5 Å². The molecular weight excluding hydrogens is 314 g/mol. The number of Topliss-reactive ketones (excluding diaryl/α,β-unsaturated/α-hetero) is 1. The minimum Gasteiger partial charge on any atom is -0.511 e. The van der Waals surface area contributed by atoms with Crippen molar-refractivity contribution < 1.29 is 14.7 Å². The number of aliphatic hydroxyl groups is 1. The Bertz CT molecular complexity index is 620. The summed E-state index contributed by atoms with van der Waals surface area (Å²) in [5.41, 5.74) is 1.89. The summed E-state index contributed by atoms with van der Waals surface area (Å²) in [5.74, 6) is -0.00723. The van der Waals surface area contributed by atoms with E-state index in [2.05, 4.69) is 5.16 Å². The number of hydrogen-bond donors (Lipinski definition) is 1. The van der Waals surface area contributed by atoms with Gasteiger partial charge < -0.3 is 9.94 Å². The molecule has 1 N–H and O–H groups in total. The number of nitrogens with zero attached hydrogens (tertiary/aromatic N) is 1. The van der Waals surface area contributed by atoms with Gasteiger partial charge in [0, 0.05) is 17.9 Å². The quantitative estimate of drug-likeness (QED) is 0.600. The van der Waals surface area contributed by atoms with E-state index < -0.39 is 0 Å². The van der Waals surface area contributed by atoms with E-state index in [0.717, 1.165) is 12.0 Å². The first-order valence-electron chi connectivity index (χ1n) is 7.96. The summed E-state index contributed by atoms with van der Waals surface area (Å²) in [6.45, 7) is 4.27. The molecule has 5 heteroatoms. The van der Waals surface area contributed by atoms with Crippen LogP contribution in [0.3, 0.4) is 0 Å². The number of rotatable bonds is 6. The van der Waals surface area contributed by atoms with Crippen molar-refractivity contribution in [2.45, 2.75) is 45.4 Å².